The van der Waals surface area contributed by atoms with Gasteiger partial charge in [-0.15, -0.1) is 0 Å². The molecular weight excluding hydrogens is 414 g/mol. The molecule has 1 unspecified atom stereocenters. The molecule has 0 aromatic carbocycles. The van der Waals surface area contributed by atoms with Gasteiger partial charge in [0.25, 0.3) is 15.9 Å². The summed E-state index contributed by atoms with van der Waals surface area (Å²) in [5.41, 5.74) is 0.0441. The second-order valence-electron chi connectivity index (χ2n) is 9.08. The summed E-state index contributed by atoms with van der Waals surface area (Å²) in [5.74, 6) is 0.732. The molecule has 8 nitrogen and oxygen atoms in total. The van der Waals surface area contributed by atoms with E-state index in [0.29, 0.717) is 17.6 Å². The molecule has 0 saturated carbocycles. The molecule has 3 rings (SSSR count). The molecule has 1 fully saturated rings. The van der Waals surface area contributed by atoms with E-state index in [2.05, 4.69) is 40.4 Å². The van der Waals surface area contributed by atoms with Crippen LogP contribution in [0, 0.1) is 5.92 Å². The van der Waals surface area contributed by atoms with Crippen molar-refractivity contribution in [3.63, 3.8) is 0 Å². The Bertz CT molecular complexity index is 1070. The minimum absolute atomic E-state index is 0.143. The van der Waals surface area contributed by atoms with Crippen LogP contribution in [0.25, 0.3) is 0 Å². The van der Waals surface area contributed by atoms with Crippen molar-refractivity contribution in [1.29, 1.82) is 0 Å². The van der Waals surface area contributed by atoms with Gasteiger partial charge in [-0.2, -0.15) is 8.42 Å². The molecule has 168 valence electrons. The lowest BCUT2D eigenvalue weighted by molar-refractivity contribution is 0.0981. The summed E-state index contributed by atoms with van der Waals surface area (Å²) in [6, 6.07) is 8.10. The van der Waals surface area contributed by atoms with Gasteiger partial charge >= 0.3 is 0 Å². The summed E-state index contributed by atoms with van der Waals surface area (Å²) in [5, 5.41) is -0.202. The highest BCUT2D eigenvalue weighted by Gasteiger charge is 2.39. The van der Waals surface area contributed by atoms with Crippen LogP contribution in [0.2, 0.25) is 0 Å². The van der Waals surface area contributed by atoms with Gasteiger partial charge in [0.1, 0.15) is 11.6 Å². The van der Waals surface area contributed by atoms with Crippen LogP contribution in [0.15, 0.2) is 41.6 Å². The van der Waals surface area contributed by atoms with Crippen LogP contribution in [0.1, 0.15) is 51.4 Å². The van der Waals surface area contributed by atoms with E-state index in [1.807, 2.05) is 25.8 Å². The molecule has 1 atom stereocenters. The van der Waals surface area contributed by atoms with Gasteiger partial charge in [-0.3, -0.25) is 4.79 Å². The standard InChI is InChI=1S/C22H31N5O3S/c1-15(2)26(6)18-10-7-11-19(24-18)31(29,30)25-21(28)17-9-8-12-23-20(17)27-14-16(3)13-22(27,4)5/h7-12,15-16H,13-14H2,1-6H3,(H,25,28). The Balaban J connectivity index is 1.90. The molecule has 9 heteroatoms. The quantitative estimate of drug-likeness (QED) is 0.730. The molecule has 1 aliphatic heterocycles. The predicted molar refractivity (Wildman–Crippen MR) is 122 cm³/mol. The average Bonchev–Trinajstić information content (AvgIpc) is 2.98. The Labute approximate surface area is 184 Å². The van der Waals surface area contributed by atoms with E-state index in [-0.39, 0.29) is 22.2 Å². The zero-order chi connectivity index (χ0) is 23.0. The second-order valence-corrected chi connectivity index (χ2v) is 10.7. The second kappa shape index (κ2) is 8.45. The molecule has 1 aliphatic rings. The third-order valence-electron chi connectivity index (χ3n) is 5.71. The molecule has 31 heavy (non-hydrogen) atoms. The number of amides is 1. The van der Waals surface area contributed by atoms with Crippen molar-refractivity contribution < 1.29 is 13.2 Å². The Morgan fingerprint density at radius 1 is 1.26 bits per heavy atom. The van der Waals surface area contributed by atoms with Crippen molar-refractivity contribution in [3.8, 4) is 0 Å². The van der Waals surface area contributed by atoms with Gasteiger partial charge < -0.3 is 9.80 Å². The smallest absolute Gasteiger partial charge is 0.281 e. The fourth-order valence-corrected chi connectivity index (χ4v) is 4.92. The zero-order valence-electron chi connectivity index (χ0n) is 19.0. The number of pyridine rings is 2. The van der Waals surface area contributed by atoms with E-state index >= 15 is 0 Å². The van der Waals surface area contributed by atoms with Gasteiger partial charge in [0.05, 0.1) is 5.56 Å². The molecule has 1 saturated heterocycles. The molecule has 0 aliphatic carbocycles. The topological polar surface area (TPSA) is 95.5 Å². The van der Waals surface area contributed by atoms with Crippen molar-refractivity contribution in [1.82, 2.24) is 14.7 Å². The Kier molecular flexibility index (Phi) is 6.27. The summed E-state index contributed by atoms with van der Waals surface area (Å²) >= 11 is 0. The molecule has 1 amide bonds. The third-order valence-corrected chi connectivity index (χ3v) is 6.94. The van der Waals surface area contributed by atoms with Crippen LogP contribution in [-0.4, -0.2) is 49.5 Å². The van der Waals surface area contributed by atoms with Gasteiger partial charge in [-0.1, -0.05) is 13.0 Å². The number of nitrogens with one attached hydrogen (secondary N) is 1. The number of aromatic nitrogens is 2. The lowest BCUT2D eigenvalue weighted by atomic mass is 9.97. The third kappa shape index (κ3) is 4.81. The van der Waals surface area contributed by atoms with Crippen LogP contribution in [-0.2, 0) is 10.0 Å². The molecule has 0 bridgehead atoms. The van der Waals surface area contributed by atoms with Crippen LogP contribution in [0.3, 0.4) is 0 Å². The van der Waals surface area contributed by atoms with Gasteiger partial charge in [0.2, 0.25) is 0 Å². The highest BCUT2D eigenvalue weighted by atomic mass is 32.2. The van der Waals surface area contributed by atoms with Gasteiger partial charge in [0, 0.05) is 31.4 Å². The van der Waals surface area contributed by atoms with E-state index in [9.17, 15) is 13.2 Å². The molecule has 3 heterocycles. The number of carbonyl (C=O) groups is 1. The van der Waals surface area contributed by atoms with E-state index in [4.69, 9.17) is 0 Å². The molecule has 0 spiro atoms. The normalized spacial score (nSPS) is 18.3. The Hall–Kier alpha value is -2.68. The van der Waals surface area contributed by atoms with E-state index in [0.717, 1.165) is 13.0 Å². The minimum Gasteiger partial charge on any atom is -0.357 e. The molecule has 2 aromatic heterocycles. The van der Waals surface area contributed by atoms with Crippen molar-refractivity contribution >= 4 is 27.6 Å². The first-order valence-corrected chi connectivity index (χ1v) is 11.9. The first-order valence-electron chi connectivity index (χ1n) is 10.4. The number of rotatable bonds is 6. The average molecular weight is 446 g/mol. The lowest BCUT2D eigenvalue weighted by Gasteiger charge is -2.33. The lowest BCUT2D eigenvalue weighted by Crippen LogP contribution is -2.41. The first kappa shape index (κ1) is 23.0. The van der Waals surface area contributed by atoms with Crippen LogP contribution >= 0.6 is 0 Å². The van der Waals surface area contributed by atoms with Crippen LogP contribution < -0.4 is 14.5 Å². The summed E-state index contributed by atoms with van der Waals surface area (Å²) in [4.78, 5) is 25.6. The number of carbonyl (C=O) groups excluding carboxylic acids is 1. The van der Waals surface area contributed by atoms with Crippen molar-refractivity contribution in [2.24, 2.45) is 5.92 Å². The highest BCUT2D eigenvalue weighted by molar-refractivity contribution is 7.90. The maximum absolute atomic E-state index is 13.0. The summed E-state index contributed by atoms with van der Waals surface area (Å²) < 4.78 is 28.0. The van der Waals surface area contributed by atoms with Crippen LogP contribution in [0.4, 0.5) is 11.6 Å². The van der Waals surface area contributed by atoms with Gasteiger partial charge in [-0.25, -0.2) is 14.7 Å². The van der Waals surface area contributed by atoms with Crippen molar-refractivity contribution in [3.05, 3.63) is 42.1 Å². The van der Waals surface area contributed by atoms with E-state index in [1.165, 1.54) is 6.07 Å². The van der Waals surface area contributed by atoms with Crippen molar-refractivity contribution in [2.45, 2.75) is 57.6 Å². The molecular formula is C22H31N5O3S. The minimum atomic E-state index is -4.15. The highest BCUT2D eigenvalue weighted by Crippen LogP contribution is 2.37. The number of anilines is 2. The van der Waals surface area contributed by atoms with Gasteiger partial charge in [-0.05, 0) is 64.3 Å². The van der Waals surface area contributed by atoms with E-state index in [1.54, 1.807) is 30.5 Å². The number of hydrogen-bond donors (Lipinski definition) is 1. The fraction of sp³-hybridized carbons (Fsp3) is 0.500. The SMILES string of the molecule is CC1CN(c2ncccc2C(=O)NS(=O)(=O)c2cccc(N(C)C(C)C)n2)C(C)(C)C1. The largest absolute Gasteiger partial charge is 0.357 e. The summed E-state index contributed by atoms with van der Waals surface area (Å²) in [6.07, 6.45) is 2.58. The number of sulfonamides is 1. The monoisotopic (exact) mass is 445 g/mol. The summed E-state index contributed by atoms with van der Waals surface area (Å²) in [7, 11) is -2.32. The molecule has 0 radical (unpaired) electrons. The molecule has 1 N–H and O–H groups in total. The number of hydrogen-bond acceptors (Lipinski definition) is 7. The maximum Gasteiger partial charge on any atom is 0.281 e. The molecule has 2 aromatic rings. The summed E-state index contributed by atoms with van der Waals surface area (Å²) in [6.45, 7) is 11.1. The van der Waals surface area contributed by atoms with Crippen molar-refractivity contribution in [2.75, 3.05) is 23.4 Å². The predicted octanol–water partition coefficient (Wildman–Crippen LogP) is 3.06. The first-order chi connectivity index (χ1) is 14.4. The van der Waals surface area contributed by atoms with E-state index < -0.39 is 15.9 Å². The van der Waals surface area contributed by atoms with Crippen LogP contribution in [0.5, 0.6) is 0 Å². The Morgan fingerprint density at radius 3 is 2.58 bits per heavy atom. The number of nitrogens with zero attached hydrogens (tertiary/aromatic N) is 4. The van der Waals surface area contributed by atoms with Gasteiger partial charge in [0.15, 0.2) is 5.03 Å². The fourth-order valence-electron chi connectivity index (χ4n) is 3.99. The Morgan fingerprint density at radius 2 is 1.97 bits per heavy atom. The zero-order valence-corrected chi connectivity index (χ0v) is 19.8. The maximum atomic E-state index is 13.0.